The first-order valence-corrected chi connectivity index (χ1v) is 7.97. The second kappa shape index (κ2) is 7.30. The van der Waals surface area contributed by atoms with Gasteiger partial charge in [-0.3, -0.25) is 4.79 Å². The first kappa shape index (κ1) is 15.6. The summed E-state index contributed by atoms with van der Waals surface area (Å²) in [5, 5.41) is 0. The number of likely N-dealkylation sites (tertiary alicyclic amines) is 1. The fraction of sp³-hybridized carbons (Fsp3) is 0.444. The maximum atomic E-state index is 12.5. The average molecular weight is 311 g/mol. The Bertz CT molecular complexity index is 708. The summed E-state index contributed by atoms with van der Waals surface area (Å²) in [6, 6.07) is 7.86. The van der Waals surface area contributed by atoms with Gasteiger partial charge >= 0.3 is 0 Å². The number of nitrogens with zero attached hydrogens (tertiary/aromatic N) is 3. The van der Waals surface area contributed by atoms with Crippen molar-refractivity contribution in [2.45, 2.75) is 19.4 Å². The molecule has 0 saturated carbocycles. The second-order valence-corrected chi connectivity index (χ2v) is 5.90. The van der Waals surface area contributed by atoms with E-state index in [1.165, 1.54) is 0 Å². The van der Waals surface area contributed by atoms with Gasteiger partial charge in [-0.15, -0.1) is 6.42 Å². The molecule has 0 N–H and O–H groups in total. The molecule has 1 aromatic carbocycles. The number of ether oxygens (including phenoxy) is 1. The number of fused-ring (bicyclic) bond motifs is 1. The molecular formula is C18H21N3O2. The highest BCUT2D eigenvalue weighted by Crippen LogP contribution is 2.18. The van der Waals surface area contributed by atoms with E-state index in [0.717, 1.165) is 37.0 Å². The molecule has 5 heteroatoms. The SMILES string of the molecule is C#CCOCC1CCN(C(=O)Cn2cnc3ccccc32)CC1. The van der Waals surface area contributed by atoms with E-state index in [2.05, 4.69) is 10.9 Å². The molecule has 2 aromatic rings. The Morgan fingerprint density at radius 2 is 2.13 bits per heavy atom. The number of aromatic nitrogens is 2. The van der Waals surface area contributed by atoms with E-state index in [-0.39, 0.29) is 5.91 Å². The number of carbonyl (C=O) groups excluding carboxylic acids is 1. The van der Waals surface area contributed by atoms with Crippen molar-refractivity contribution in [1.82, 2.24) is 14.5 Å². The van der Waals surface area contributed by atoms with Gasteiger partial charge < -0.3 is 14.2 Å². The van der Waals surface area contributed by atoms with Crippen LogP contribution in [0.5, 0.6) is 0 Å². The van der Waals surface area contributed by atoms with Crippen LogP contribution in [0.15, 0.2) is 30.6 Å². The minimum atomic E-state index is 0.149. The minimum Gasteiger partial charge on any atom is -0.369 e. The van der Waals surface area contributed by atoms with Gasteiger partial charge in [0.25, 0.3) is 0 Å². The largest absolute Gasteiger partial charge is 0.369 e. The number of imidazole rings is 1. The van der Waals surface area contributed by atoms with Crippen LogP contribution in [0.2, 0.25) is 0 Å². The van der Waals surface area contributed by atoms with Crippen molar-refractivity contribution >= 4 is 16.9 Å². The quantitative estimate of drug-likeness (QED) is 0.626. The van der Waals surface area contributed by atoms with Crippen molar-refractivity contribution in [2.24, 2.45) is 5.92 Å². The molecular weight excluding hydrogens is 290 g/mol. The summed E-state index contributed by atoms with van der Waals surface area (Å²) in [5.41, 5.74) is 1.92. The normalized spacial score (nSPS) is 15.7. The Hall–Kier alpha value is -2.32. The number of amides is 1. The van der Waals surface area contributed by atoms with Crippen LogP contribution in [0.25, 0.3) is 11.0 Å². The van der Waals surface area contributed by atoms with Gasteiger partial charge in [-0.2, -0.15) is 0 Å². The summed E-state index contributed by atoms with van der Waals surface area (Å²) in [4.78, 5) is 18.8. The molecule has 120 valence electrons. The van der Waals surface area contributed by atoms with Crippen LogP contribution in [-0.2, 0) is 16.1 Å². The third-order valence-electron chi connectivity index (χ3n) is 4.34. The predicted molar refractivity (Wildman–Crippen MR) is 88.7 cm³/mol. The Labute approximate surface area is 136 Å². The van der Waals surface area contributed by atoms with Crippen molar-refractivity contribution in [2.75, 3.05) is 26.3 Å². The average Bonchev–Trinajstić information content (AvgIpc) is 2.99. The standard InChI is InChI=1S/C18H21N3O2/c1-2-11-23-13-15-7-9-20(10-8-15)18(22)12-21-14-19-16-5-3-4-6-17(16)21/h1,3-6,14-15H,7-13H2. The summed E-state index contributed by atoms with van der Waals surface area (Å²) < 4.78 is 7.32. The van der Waals surface area contributed by atoms with Crippen LogP contribution in [-0.4, -0.2) is 46.7 Å². The highest BCUT2D eigenvalue weighted by atomic mass is 16.5. The fourth-order valence-corrected chi connectivity index (χ4v) is 3.02. The zero-order valence-corrected chi connectivity index (χ0v) is 13.1. The van der Waals surface area contributed by atoms with Gasteiger partial charge in [-0.25, -0.2) is 4.98 Å². The lowest BCUT2D eigenvalue weighted by atomic mass is 9.98. The summed E-state index contributed by atoms with van der Waals surface area (Å²) in [6.07, 6.45) is 8.86. The van der Waals surface area contributed by atoms with Crippen LogP contribution in [0, 0.1) is 18.3 Å². The topological polar surface area (TPSA) is 47.4 Å². The van der Waals surface area contributed by atoms with Crippen LogP contribution in [0.1, 0.15) is 12.8 Å². The van der Waals surface area contributed by atoms with Crippen molar-refractivity contribution in [1.29, 1.82) is 0 Å². The highest BCUT2D eigenvalue weighted by molar-refractivity contribution is 5.80. The number of carbonyl (C=O) groups is 1. The molecule has 1 aliphatic rings. The summed E-state index contributed by atoms with van der Waals surface area (Å²) in [5.74, 6) is 3.13. The monoisotopic (exact) mass is 311 g/mol. The van der Waals surface area contributed by atoms with E-state index in [1.807, 2.05) is 33.7 Å². The molecule has 0 atom stereocenters. The number of benzene rings is 1. The van der Waals surface area contributed by atoms with E-state index in [1.54, 1.807) is 6.33 Å². The molecule has 5 nitrogen and oxygen atoms in total. The summed E-state index contributed by atoms with van der Waals surface area (Å²) >= 11 is 0. The van der Waals surface area contributed by atoms with Crippen molar-refractivity contribution in [3.05, 3.63) is 30.6 Å². The molecule has 0 aliphatic carbocycles. The number of hydrogen-bond donors (Lipinski definition) is 0. The van der Waals surface area contributed by atoms with E-state index >= 15 is 0 Å². The molecule has 1 saturated heterocycles. The highest BCUT2D eigenvalue weighted by Gasteiger charge is 2.23. The zero-order chi connectivity index (χ0) is 16.1. The fourth-order valence-electron chi connectivity index (χ4n) is 3.02. The van der Waals surface area contributed by atoms with Crippen molar-refractivity contribution in [3.63, 3.8) is 0 Å². The number of rotatable bonds is 5. The first-order valence-electron chi connectivity index (χ1n) is 7.97. The Morgan fingerprint density at radius 3 is 2.91 bits per heavy atom. The molecule has 0 spiro atoms. The Kier molecular flexibility index (Phi) is 4.94. The van der Waals surface area contributed by atoms with Crippen molar-refractivity contribution in [3.8, 4) is 12.3 Å². The lowest BCUT2D eigenvalue weighted by Gasteiger charge is -2.32. The van der Waals surface area contributed by atoms with Gasteiger partial charge in [0.2, 0.25) is 5.91 Å². The smallest absolute Gasteiger partial charge is 0.242 e. The molecule has 1 aliphatic heterocycles. The van der Waals surface area contributed by atoms with Crippen LogP contribution < -0.4 is 0 Å². The lowest BCUT2D eigenvalue weighted by Crippen LogP contribution is -2.41. The molecule has 2 heterocycles. The lowest BCUT2D eigenvalue weighted by molar-refractivity contribution is -0.133. The summed E-state index contributed by atoms with van der Waals surface area (Å²) in [7, 11) is 0. The molecule has 0 unspecified atom stereocenters. The second-order valence-electron chi connectivity index (χ2n) is 5.90. The number of para-hydroxylation sites is 2. The van der Waals surface area contributed by atoms with Crippen LogP contribution >= 0.6 is 0 Å². The molecule has 1 amide bonds. The van der Waals surface area contributed by atoms with E-state index in [9.17, 15) is 4.79 Å². The maximum absolute atomic E-state index is 12.5. The zero-order valence-electron chi connectivity index (χ0n) is 13.1. The van der Waals surface area contributed by atoms with Crippen LogP contribution in [0.4, 0.5) is 0 Å². The number of piperidine rings is 1. The van der Waals surface area contributed by atoms with Gasteiger partial charge in [-0.1, -0.05) is 18.1 Å². The van der Waals surface area contributed by atoms with Gasteiger partial charge in [0.1, 0.15) is 13.2 Å². The first-order chi connectivity index (χ1) is 11.3. The van der Waals surface area contributed by atoms with E-state index in [0.29, 0.717) is 25.7 Å². The molecule has 1 fully saturated rings. The van der Waals surface area contributed by atoms with Crippen molar-refractivity contribution < 1.29 is 9.53 Å². The van der Waals surface area contributed by atoms with Gasteiger partial charge in [-0.05, 0) is 30.9 Å². The third kappa shape index (κ3) is 3.72. The molecule has 3 rings (SSSR count). The molecule has 23 heavy (non-hydrogen) atoms. The van der Waals surface area contributed by atoms with Gasteiger partial charge in [0.15, 0.2) is 0 Å². The van der Waals surface area contributed by atoms with Gasteiger partial charge in [0.05, 0.1) is 24.0 Å². The maximum Gasteiger partial charge on any atom is 0.242 e. The van der Waals surface area contributed by atoms with E-state index in [4.69, 9.17) is 11.2 Å². The molecule has 0 bridgehead atoms. The molecule has 1 aromatic heterocycles. The number of terminal acetylenes is 1. The predicted octanol–water partition coefficient (Wildman–Crippen LogP) is 1.92. The van der Waals surface area contributed by atoms with E-state index < -0.39 is 0 Å². The number of hydrogen-bond acceptors (Lipinski definition) is 3. The van der Waals surface area contributed by atoms with Gasteiger partial charge in [0, 0.05) is 13.1 Å². The summed E-state index contributed by atoms with van der Waals surface area (Å²) in [6.45, 7) is 2.98. The Balaban J connectivity index is 1.53. The van der Waals surface area contributed by atoms with Crippen LogP contribution in [0.3, 0.4) is 0 Å². The molecule has 0 radical (unpaired) electrons. The minimum absolute atomic E-state index is 0.149. The third-order valence-corrected chi connectivity index (χ3v) is 4.34. The Morgan fingerprint density at radius 1 is 1.35 bits per heavy atom.